The van der Waals surface area contributed by atoms with E-state index in [1.54, 1.807) is 0 Å². The standard InChI is InChI=1S/C9H27SeSi3/c1-11(2,3)10(12(4,5)6)13(7,8)9/h1-9H3. The topological polar surface area (TPSA) is 0 Å². The average molecular weight is 299 g/mol. The van der Waals surface area contributed by atoms with Crippen molar-refractivity contribution >= 4 is 32.0 Å². The minimum atomic E-state index is -0.809. The fourth-order valence-electron chi connectivity index (χ4n) is 2.76. The van der Waals surface area contributed by atoms with Crippen molar-refractivity contribution in [2.75, 3.05) is 0 Å². The van der Waals surface area contributed by atoms with Gasteiger partial charge in [0.15, 0.2) is 0 Å². The van der Waals surface area contributed by atoms with Crippen molar-refractivity contribution in [1.82, 2.24) is 0 Å². The summed E-state index contributed by atoms with van der Waals surface area (Å²) in [6.07, 6.45) is 0. The molecule has 0 aliphatic rings. The first kappa shape index (κ1) is 14.2. The van der Waals surface area contributed by atoms with E-state index in [0.29, 0.717) is 0 Å². The second-order valence-corrected chi connectivity index (χ2v) is 56.5. The van der Waals surface area contributed by atoms with Crippen LogP contribution in [0.15, 0.2) is 0 Å². The van der Waals surface area contributed by atoms with Gasteiger partial charge < -0.3 is 0 Å². The fraction of sp³-hybridized carbons (Fsp3) is 1.00. The SMILES string of the molecule is C[Si](C)(C)[Se]([Si](C)(C)C)[Si](C)(C)C. The van der Waals surface area contributed by atoms with Crippen molar-refractivity contribution in [3.8, 4) is 0 Å². The molecular formula is C9H27SeSi3. The van der Waals surface area contributed by atoms with Gasteiger partial charge in [0, 0.05) is 0 Å². The molecule has 0 fully saturated rings. The van der Waals surface area contributed by atoms with Crippen molar-refractivity contribution in [3.05, 3.63) is 0 Å². The van der Waals surface area contributed by atoms with Crippen molar-refractivity contribution in [2.45, 2.75) is 58.9 Å². The maximum absolute atomic E-state index is 2.62. The molecule has 4 heteroatoms. The predicted octanol–water partition coefficient (Wildman–Crippen LogP) is 3.73. The Morgan fingerprint density at radius 3 is 0.615 bits per heavy atom. The van der Waals surface area contributed by atoms with Crippen LogP contribution in [-0.2, 0) is 0 Å². The van der Waals surface area contributed by atoms with E-state index < -0.39 is 20.0 Å². The van der Waals surface area contributed by atoms with Gasteiger partial charge in [0.2, 0.25) is 0 Å². The molecular weight excluding hydrogens is 271 g/mol. The normalized spacial score (nSPS) is 15.2. The van der Waals surface area contributed by atoms with Gasteiger partial charge in [0.1, 0.15) is 0 Å². The van der Waals surface area contributed by atoms with E-state index in [1.165, 1.54) is 0 Å². The number of rotatable bonds is 3. The first-order valence-electron chi connectivity index (χ1n) is 5.11. The van der Waals surface area contributed by atoms with Gasteiger partial charge in [0.25, 0.3) is 0 Å². The Balaban J connectivity index is 5.02. The van der Waals surface area contributed by atoms with E-state index >= 15 is 0 Å². The van der Waals surface area contributed by atoms with Gasteiger partial charge in [0.05, 0.1) is 0 Å². The monoisotopic (exact) mass is 299 g/mol. The van der Waals surface area contributed by atoms with Crippen LogP contribution in [0.5, 0.6) is 0 Å². The second-order valence-electron chi connectivity index (χ2n) is 6.64. The molecule has 0 aliphatic carbocycles. The molecule has 0 aromatic carbocycles. The Labute approximate surface area is 90.8 Å². The van der Waals surface area contributed by atoms with Crippen LogP contribution in [0.1, 0.15) is 0 Å². The first-order valence-corrected chi connectivity index (χ1v) is 23.0. The van der Waals surface area contributed by atoms with Crippen LogP contribution < -0.4 is 0 Å². The van der Waals surface area contributed by atoms with Crippen LogP contribution in [0.4, 0.5) is 0 Å². The van der Waals surface area contributed by atoms with E-state index in [1.807, 2.05) is 0 Å². The first-order chi connectivity index (χ1) is 5.37. The zero-order valence-electron chi connectivity index (χ0n) is 10.9. The zero-order valence-corrected chi connectivity index (χ0v) is 15.6. The van der Waals surface area contributed by atoms with Crippen LogP contribution in [0, 0.1) is 0 Å². The molecule has 0 saturated heterocycles. The molecule has 0 aromatic heterocycles. The van der Waals surface area contributed by atoms with Crippen LogP contribution in [0.3, 0.4) is 0 Å². The van der Waals surface area contributed by atoms with Crippen molar-refractivity contribution in [3.63, 3.8) is 0 Å². The fourth-order valence-corrected chi connectivity index (χ4v) is 129. The number of hydrogen-bond acceptors (Lipinski definition) is 0. The maximum atomic E-state index is 2.62. The summed E-state index contributed by atoms with van der Waals surface area (Å²) in [6, 6.07) is 0. The zero-order chi connectivity index (χ0) is 11.1. The van der Waals surface area contributed by atoms with Gasteiger partial charge >= 0.3 is 90.9 Å². The third-order valence-electron chi connectivity index (χ3n) is 1.84. The Hall–Kier alpha value is 1.17. The van der Waals surface area contributed by atoms with Gasteiger partial charge in [-0.25, -0.2) is 0 Å². The quantitative estimate of drug-likeness (QED) is 0.697. The van der Waals surface area contributed by atoms with E-state index in [4.69, 9.17) is 0 Å². The molecule has 13 heavy (non-hydrogen) atoms. The van der Waals surface area contributed by atoms with Crippen molar-refractivity contribution < 1.29 is 0 Å². The molecule has 0 unspecified atom stereocenters. The van der Waals surface area contributed by atoms with Gasteiger partial charge in [-0.15, -0.1) is 0 Å². The van der Waals surface area contributed by atoms with Crippen LogP contribution in [0.25, 0.3) is 0 Å². The third kappa shape index (κ3) is 4.47. The molecule has 0 aromatic rings. The summed E-state index contributed by atoms with van der Waals surface area (Å²) >= 11 is -0.229. The molecule has 0 atom stereocenters. The summed E-state index contributed by atoms with van der Waals surface area (Å²) in [4.78, 5) is 0. The molecule has 81 valence electrons. The summed E-state index contributed by atoms with van der Waals surface area (Å²) in [5.74, 6) is 0. The number of hydrogen-bond donors (Lipinski definition) is 0. The molecule has 0 aliphatic heterocycles. The van der Waals surface area contributed by atoms with Gasteiger partial charge in [-0.1, -0.05) is 0 Å². The second kappa shape index (κ2) is 3.97. The Kier molecular flexibility index (Phi) is 4.33. The van der Waals surface area contributed by atoms with E-state index in [9.17, 15) is 0 Å². The Morgan fingerprint density at radius 2 is 0.615 bits per heavy atom. The Bertz CT molecular complexity index is 137. The Morgan fingerprint density at radius 1 is 0.462 bits per heavy atom. The van der Waals surface area contributed by atoms with Crippen LogP contribution in [0.2, 0.25) is 58.9 Å². The summed E-state index contributed by atoms with van der Waals surface area (Å²) in [7, 11) is 0. The molecule has 0 bridgehead atoms. The summed E-state index contributed by atoms with van der Waals surface area (Å²) in [5, 5.41) is 0. The molecule has 0 saturated carbocycles. The molecule has 0 rings (SSSR count). The van der Waals surface area contributed by atoms with E-state index in [2.05, 4.69) is 58.9 Å². The van der Waals surface area contributed by atoms with Crippen molar-refractivity contribution in [2.24, 2.45) is 0 Å². The van der Waals surface area contributed by atoms with Crippen LogP contribution in [-0.4, -0.2) is 32.0 Å². The summed E-state index contributed by atoms with van der Waals surface area (Å²) < 4.78 is 0. The van der Waals surface area contributed by atoms with Crippen LogP contribution >= 0.6 is 0 Å². The third-order valence-corrected chi connectivity index (χ3v) is 85.9. The van der Waals surface area contributed by atoms with Gasteiger partial charge in [-0.3, -0.25) is 0 Å². The van der Waals surface area contributed by atoms with Gasteiger partial charge in [-0.2, -0.15) is 0 Å². The predicted molar refractivity (Wildman–Crippen MR) is 75.8 cm³/mol. The van der Waals surface area contributed by atoms with E-state index in [-0.39, 0.29) is 12.0 Å². The molecule has 0 amide bonds. The molecule has 0 heterocycles. The van der Waals surface area contributed by atoms with E-state index in [0.717, 1.165) is 0 Å². The molecule has 0 nitrogen and oxygen atoms in total. The minimum absolute atomic E-state index is 0.229. The summed E-state index contributed by atoms with van der Waals surface area (Å²) in [5.41, 5.74) is 0. The molecule has 1 radical (unpaired) electrons. The average Bonchev–Trinajstić information content (AvgIpc) is 1.44. The molecule has 0 spiro atoms. The molecule has 0 N–H and O–H groups in total. The van der Waals surface area contributed by atoms with Gasteiger partial charge in [-0.05, 0) is 0 Å². The van der Waals surface area contributed by atoms with Crippen molar-refractivity contribution in [1.29, 1.82) is 0 Å². The summed E-state index contributed by atoms with van der Waals surface area (Å²) in [6.45, 7) is 21.1.